The highest BCUT2D eigenvalue weighted by Gasteiger charge is 2.31. The number of phenolic OH excluding ortho intramolecular Hbond substituents is 1. The van der Waals surface area contributed by atoms with Gasteiger partial charge in [0.1, 0.15) is 23.9 Å². The van der Waals surface area contributed by atoms with Gasteiger partial charge >= 0.3 is 5.97 Å². The molecule has 2 aromatic carbocycles. The number of nitrogens with one attached hydrogen (secondary N) is 4. The number of aromatic nitrogens is 1. The third kappa shape index (κ3) is 9.55. The number of amides is 5. The molecule has 0 saturated heterocycles. The number of hydrogen-bond acceptors (Lipinski definition) is 8. The number of fused-ring (bicyclic) bond motifs is 1. The number of carbonyl (C=O) groups excluding carboxylic acids is 5. The van der Waals surface area contributed by atoms with Crippen molar-refractivity contribution in [3.8, 4) is 5.75 Å². The first-order valence-corrected chi connectivity index (χ1v) is 13.6. The van der Waals surface area contributed by atoms with Gasteiger partial charge in [-0.1, -0.05) is 30.3 Å². The minimum absolute atomic E-state index is 0.0413. The van der Waals surface area contributed by atoms with Crippen molar-refractivity contribution in [2.24, 2.45) is 17.2 Å². The van der Waals surface area contributed by atoms with Gasteiger partial charge in [-0.15, -0.1) is 0 Å². The lowest BCUT2D eigenvalue weighted by Gasteiger charge is -2.25. The zero-order valence-electron chi connectivity index (χ0n) is 23.6. The van der Waals surface area contributed by atoms with Crippen LogP contribution in [0, 0.1) is 0 Å². The van der Waals surface area contributed by atoms with Crippen LogP contribution in [0.15, 0.2) is 54.7 Å². The summed E-state index contributed by atoms with van der Waals surface area (Å²) >= 11 is 0. The summed E-state index contributed by atoms with van der Waals surface area (Å²) in [5.74, 6) is -5.69. The number of aliphatic carboxylic acids is 1. The molecule has 3 rings (SSSR count). The minimum Gasteiger partial charge on any atom is -0.508 e. The number of phenols is 1. The lowest BCUT2D eigenvalue weighted by molar-refractivity contribution is -0.142. The Morgan fingerprint density at radius 2 is 1.39 bits per heavy atom. The number of nitrogens with two attached hydrogens (primary N) is 3. The molecule has 15 heteroatoms. The van der Waals surface area contributed by atoms with E-state index in [1.807, 2.05) is 18.2 Å². The second-order valence-electron chi connectivity index (χ2n) is 10.2. The normalized spacial score (nSPS) is 13.7. The van der Waals surface area contributed by atoms with Crippen molar-refractivity contribution in [3.05, 3.63) is 65.9 Å². The lowest BCUT2D eigenvalue weighted by atomic mass is 10.0. The molecule has 1 heterocycles. The molecule has 5 amide bonds. The minimum atomic E-state index is -1.55. The maximum atomic E-state index is 13.5. The van der Waals surface area contributed by atoms with Gasteiger partial charge in [0, 0.05) is 36.4 Å². The van der Waals surface area contributed by atoms with Gasteiger partial charge in [0.25, 0.3) is 0 Å². The summed E-state index contributed by atoms with van der Waals surface area (Å²) in [5, 5.41) is 27.6. The van der Waals surface area contributed by atoms with E-state index < -0.39 is 66.1 Å². The maximum Gasteiger partial charge on any atom is 0.326 e. The van der Waals surface area contributed by atoms with Crippen molar-refractivity contribution in [3.63, 3.8) is 0 Å². The average Bonchev–Trinajstić information content (AvgIpc) is 3.38. The van der Waals surface area contributed by atoms with Crippen molar-refractivity contribution in [1.82, 2.24) is 20.9 Å². The Balaban J connectivity index is 1.82. The predicted molar refractivity (Wildman–Crippen MR) is 157 cm³/mol. The molecule has 0 radical (unpaired) electrons. The number of para-hydroxylation sites is 1. The van der Waals surface area contributed by atoms with Gasteiger partial charge in [-0.2, -0.15) is 0 Å². The summed E-state index contributed by atoms with van der Waals surface area (Å²) in [6.07, 6.45) is 0.464. The lowest BCUT2D eigenvalue weighted by Crippen LogP contribution is -2.58. The number of benzene rings is 2. The van der Waals surface area contributed by atoms with E-state index in [9.17, 15) is 39.0 Å². The van der Waals surface area contributed by atoms with Crippen molar-refractivity contribution in [2.45, 2.75) is 56.3 Å². The zero-order valence-corrected chi connectivity index (χ0v) is 23.6. The van der Waals surface area contributed by atoms with Gasteiger partial charge in [0.15, 0.2) is 0 Å². The Bertz CT molecular complexity index is 1520. The molecule has 1 aromatic heterocycles. The first kappa shape index (κ1) is 33.1. The zero-order chi connectivity index (χ0) is 32.4. The highest BCUT2D eigenvalue weighted by Crippen LogP contribution is 2.19. The van der Waals surface area contributed by atoms with E-state index in [1.54, 1.807) is 12.3 Å². The highest BCUT2D eigenvalue weighted by atomic mass is 16.4. The van der Waals surface area contributed by atoms with Crippen LogP contribution in [0.25, 0.3) is 10.9 Å². The van der Waals surface area contributed by atoms with Gasteiger partial charge in [-0.25, -0.2) is 4.79 Å². The van der Waals surface area contributed by atoms with Gasteiger partial charge in [0.05, 0.1) is 12.5 Å². The summed E-state index contributed by atoms with van der Waals surface area (Å²) < 4.78 is 0. The molecule has 0 saturated carbocycles. The largest absolute Gasteiger partial charge is 0.508 e. The molecule has 0 aliphatic heterocycles. The quantitative estimate of drug-likeness (QED) is 0.0929. The number of rotatable bonds is 16. The summed E-state index contributed by atoms with van der Waals surface area (Å²) in [6, 6.07) is 7.44. The number of primary amides is 2. The topological polar surface area (TPSA) is 273 Å². The van der Waals surface area contributed by atoms with Crippen LogP contribution in [0.2, 0.25) is 0 Å². The van der Waals surface area contributed by atoms with Crippen LogP contribution in [-0.4, -0.2) is 74.9 Å². The Morgan fingerprint density at radius 3 is 2.02 bits per heavy atom. The molecule has 0 aliphatic carbocycles. The van der Waals surface area contributed by atoms with E-state index in [1.165, 1.54) is 24.3 Å². The number of aromatic amines is 1. The highest BCUT2D eigenvalue weighted by molar-refractivity contribution is 5.96. The molecule has 0 spiro atoms. The van der Waals surface area contributed by atoms with Crippen LogP contribution in [0.5, 0.6) is 5.75 Å². The fourth-order valence-corrected chi connectivity index (χ4v) is 4.46. The van der Waals surface area contributed by atoms with E-state index in [2.05, 4.69) is 20.9 Å². The molecule has 12 N–H and O–H groups in total. The monoisotopic (exact) mass is 609 g/mol. The molecule has 0 aliphatic rings. The van der Waals surface area contributed by atoms with Crippen molar-refractivity contribution in [1.29, 1.82) is 0 Å². The van der Waals surface area contributed by atoms with Gasteiger partial charge < -0.3 is 48.3 Å². The number of carboxylic acids is 1. The van der Waals surface area contributed by atoms with Crippen LogP contribution in [-0.2, 0) is 41.6 Å². The van der Waals surface area contributed by atoms with E-state index >= 15 is 0 Å². The first-order valence-electron chi connectivity index (χ1n) is 13.6. The number of carboxylic acid groups (broad SMARTS) is 1. The summed E-state index contributed by atoms with van der Waals surface area (Å²) in [4.78, 5) is 77.3. The van der Waals surface area contributed by atoms with E-state index in [0.717, 1.165) is 10.9 Å². The number of aromatic hydroxyl groups is 1. The Kier molecular flexibility index (Phi) is 11.4. The van der Waals surface area contributed by atoms with Crippen molar-refractivity contribution in [2.75, 3.05) is 0 Å². The SMILES string of the molecule is NC(=O)CCC(N)C(=O)NC(CC(N)=O)C(=O)NC(Cc1ccc(O)cc1)C(=O)NC(Cc1c[nH]c2ccccc12)C(=O)O. The molecule has 234 valence electrons. The molecule has 4 atom stereocenters. The van der Waals surface area contributed by atoms with Crippen LogP contribution in [0.1, 0.15) is 30.4 Å². The van der Waals surface area contributed by atoms with E-state index in [-0.39, 0.29) is 31.4 Å². The fraction of sp³-hybridized carbons (Fsp3) is 0.310. The molecule has 0 bridgehead atoms. The first-order chi connectivity index (χ1) is 20.8. The Hall–Kier alpha value is -5.44. The fourth-order valence-electron chi connectivity index (χ4n) is 4.46. The maximum absolute atomic E-state index is 13.5. The third-order valence-electron chi connectivity index (χ3n) is 6.80. The van der Waals surface area contributed by atoms with Crippen LogP contribution >= 0.6 is 0 Å². The molecule has 15 nitrogen and oxygen atoms in total. The van der Waals surface area contributed by atoms with Gasteiger partial charge in [0.2, 0.25) is 29.5 Å². The van der Waals surface area contributed by atoms with E-state index in [4.69, 9.17) is 17.2 Å². The van der Waals surface area contributed by atoms with E-state index in [0.29, 0.717) is 11.1 Å². The van der Waals surface area contributed by atoms with Crippen molar-refractivity contribution < 1.29 is 39.0 Å². The predicted octanol–water partition coefficient (Wildman–Crippen LogP) is -1.33. The van der Waals surface area contributed by atoms with Crippen LogP contribution in [0.4, 0.5) is 0 Å². The van der Waals surface area contributed by atoms with Crippen LogP contribution in [0.3, 0.4) is 0 Å². The number of carbonyl (C=O) groups is 6. The standard InChI is InChI=1S/C29H35N7O8/c30-19(9-10-24(31)38)26(40)34-22(13-25(32)39)28(42)35-21(11-15-5-7-17(37)8-6-15)27(41)36-23(29(43)44)12-16-14-33-20-4-2-1-3-18(16)20/h1-8,14,19,21-23,33,37H,9-13,30H2,(H2,31,38)(H2,32,39)(H,34,40)(H,35,42)(H,36,41)(H,43,44). The third-order valence-corrected chi connectivity index (χ3v) is 6.80. The second-order valence-corrected chi connectivity index (χ2v) is 10.2. The molecular weight excluding hydrogens is 574 g/mol. The molecule has 4 unspecified atom stereocenters. The molecule has 44 heavy (non-hydrogen) atoms. The summed E-state index contributed by atoms with van der Waals surface area (Å²) in [5.41, 5.74) is 18.1. The second kappa shape index (κ2) is 15.2. The Morgan fingerprint density at radius 1 is 0.773 bits per heavy atom. The average molecular weight is 610 g/mol. The Labute approximate surface area is 251 Å². The van der Waals surface area contributed by atoms with Crippen LogP contribution < -0.4 is 33.2 Å². The summed E-state index contributed by atoms with van der Waals surface area (Å²) in [7, 11) is 0. The summed E-state index contributed by atoms with van der Waals surface area (Å²) in [6.45, 7) is 0. The van der Waals surface area contributed by atoms with Gasteiger partial charge in [-0.3, -0.25) is 24.0 Å². The number of hydrogen-bond donors (Lipinski definition) is 9. The number of H-pyrrole nitrogens is 1. The molecule has 3 aromatic rings. The molecular formula is C29H35N7O8. The molecule has 0 fully saturated rings. The van der Waals surface area contributed by atoms with Gasteiger partial charge in [-0.05, 0) is 35.7 Å². The smallest absolute Gasteiger partial charge is 0.326 e. The van der Waals surface area contributed by atoms with Crippen molar-refractivity contribution >= 4 is 46.4 Å².